The summed E-state index contributed by atoms with van der Waals surface area (Å²) in [4.78, 5) is 4.65. The van der Waals surface area contributed by atoms with Crippen molar-refractivity contribution in [3.8, 4) is 11.3 Å². The predicted molar refractivity (Wildman–Crippen MR) is 119 cm³/mol. The van der Waals surface area contributed by atoms with Gasteiger partial charge in [0.05, 0.1) is 5.69 Å². The maximum absolute atomic E-state index is 8.37. The van der Waals surface area contributed by atoms with Gasteiger partial charge in [0.15, 0.2) is 0 Å². The van der Waals surface area contributed by atoms with Crippen molar-refractivity contribution in [3.05, 3.63) is 78.0 Å². The van der Waals surface area contributed by atoms with Crippen LogP contribution in [0.5, 0.6) is 0 Å². The molecule has 0 fully saturated rings. The van der Waals surface area contributed by atoms with Crippen LogP contribution in [0, 0.1) is 6.92 Å². The molecule has 2 aromatic heterocycles. The molecular formula is C25H21NS. The van der Waals surface area contributed by atoms with Crippen molar-refractivity contribution >= 4 is 42.3 Å². The highest BCUT2D eigenvalue weighted by Crippen LogP contribution is 2.43. The third-order valence-corrected chi connectivity index (χ3v) is 6.61. The summed E-state index contributed by atoms with van der Waals surface area (Å²) in [6.07, 6.45) is 1.83. The van der Waals surface area contributed by atoms with Gasteiger partial charge in [0, 0.05) is 33.3 Å². The minimum atomic E-state index is -0.640. The van der Waals surface area contributed by atoms with E-state index in [-0.39, 0.29) is 0 Å². The summed E-state index contributed by atoms with van der Waals surface area (Å²) in [5.74, 6) is -0.640. The molecule has 1 nitrogen and oxygen atoms in total. The Morgan fingerprint density at radius 1 is 0.852 bits per heavy atom. The first-order valence-electron chi connectivity index (χ1n) is 9.74. The van der Waals surface area contributed by atoms with Crippen LogP contribution in [-0.4, -0.2) is 4.98 Å². The van der Waals surface area contributed by atoms with E-state index in [1.807, 2.05) is 37.4 Å². The van der Waals surface area contributed by atoms with Crippen LogP contribution in [0.4, 0.5) is 0 Å². The first-order valence-corrected chi connectivity index (χ1v) is 10.1. The molecule has 0 atom stereocenters. The average molecular weight is 369 g/mol. The van der Waals surface area contributed by atoms with Crippen molar-refractivity contribution in [2.75, 3.05) is 0 Å². The number of rotatable bonds is 2. The smallest absolute Gasteiger partial charge is 0.0719 e. The third-order valence-electron chi connectivity index (χ3n) is 5.32. The topological polar surface area (TPSA) is 12.9 Å². The van der Waals surface area contributed by atoms with Gasteiger partial charge in [-0.2, -0.15) is 0 Å². The maximum Gasteiger partial charge on any atom is 0.0719 e. The van der Waals surface area contributed by atoms with Gasteiger partial charge in [0.1, 0.15) is 0 Å². The van der Waals surface area contributed by atoms with Gasteiger partial charge in [-0.25, -0.2) is 0 Å². The van der Waals surface area contributed by atoms with Gasteiger partial charge in [-0.05, 0) is 52.9 Å². The summed E-state index contributed by atoms with van der Waals surface area (Å²) < 4.78 is 11.0. The summed E-state index contributed by atoms with van der Waals surface area (Å²) >= 11 is 1.85. The number of benzene rings is 3. The third kappa shape index (κ3) is 2.55. The minimum Gasteiger partial charge on any atom is -0.256 e. The first kappa shape index (κ1) is 15.4. The van der Waals surface area contributed by atoms with Crippen LogP contribution >= 0.6 is 11.3 Å². The van der Waals surface area contributed by atoms with Crippen molar-refractivity contribution in [1.82, 2.24) is 4.98 Å². The van der Waals surface area contributed by atoms with E-state index < -0.39 is 5.89 Å². The molecule has 0 unspecified atom stereocenters. The molecule has 0 aliphatic heterocycles. The molecule has 0 saturated heterocycles. The molecule has 2 heteroatoms. The van der Waals surface area contributed by atoms with Crippen molar-refractivity contribution < 1.29 is 1.37 Å². The van der Waals surface area contributed by atoms with Crippen molar-refractivity contribution in [2.45, 2.75) is 26.7 Å². The molecule has 0 saturated carbocycles. The Balaban J connectivity index is 1.85. The number of aromatic nitrogens is 1. The van der Waals surface area contributed by atoms with Gasteiger partial charge in [-0.1, -0.05) is 56.3 Å². The highest BCUT2D eigenvalue weighted by Gasteiger charge is 2.14. The van der Waals surface area contributed by atoms with Crippen LogP contribution in [0.3, 0.4) is 0 Å². The SMILES string of the molecule is [2H]C(C)(C)c1ccnc(-c2cccc3c2sc2c4ccccc4c(C)cc32)c1. The molecule has 5 aromatic rings. The largest absolute Gasteiger partial charge is 0.256 e. The van der Waals surface area contributed by atoms with Crippen LogP contribution < -0.4 is 0 Å². The second kappa shape index (κ2) is 6.17. The van der Waals surface area contributed by atoms with E-state index in [9.17, 15) is 0 Å². The lowest BCUT2D eigenvalue weighted by Crippen LogP contribution is -1.90. The van der Waals surface area contributed by atoms with Crippen LogP contribution in [-0.2, 0) is 0 Å². The predicted octanol–water partition coefficient (Wildman–Crippen LogP) is 7.70. The lowest BCUT2D eigenvalue weighted by Gasteiger charge is -2.08. The fourth-order valence-electron chi connectivity index (χ4n) is 3.89. The van der Waals surface area contributed by atoms with Gasteiger partial charge < -0.3 is 0 Å². The molecule has 3 aromatic carbocycles. The zero-order valence-corrected chi connectivity index (χ0v) is 16.5. The highest BCUT2D eigenvalue weighted by atomic mass is 32.1. The fraction of sp³-hybridized carbons (Fsp3) is 0.160. The number of nitrogens with zero attached hydrogens (tertiary/aromatic N) is 1. The number of fused-ring (bicyclic) bond motifs is 5. The van der Waals surface area contributed by atoms with Crippen LogP contribution in [0.2, 0.25) is 0 Å². The lowest BCUT2D eigenvalue weighted by molar-refractivity contribution is 0.864. The second-order valence-corrected chi connectivity index (χ2v) is 8.35. The van der Waals surface area contributed by atoms with Crippen LogP contribution in [0.25, 0.3) is 42.2 Å². The van der Waals surface area contributed by atoms with E-state index in [4.69, 9.17) is 1.37 Å². The van der Waals surface area contributed by atoms with E-state index in [1.165, 1.54) is 36.5 Å². The van der Waals surface area contributed by atoms with E-state index in [1.54, 1.807) is 0 Å². The van der Waals surface area contributed by atoms with Crippen molar-refractivity contribution in [2.24, 2.45) is 0 Å². The summed E-state index contributed by atoms with van der Waals surface area (Å²) in [6, 6.07) is 21.5. The summed E-state index contributed by atoms with van der Waals surface area (Å²) in [5.41, 5.74) is 4.38. The summed E-state index contributed by atoms with van der Waals surface area (Å²) in [6.45, 7) is 6.03. The Labute approximate surface area is 164 Å². The highest BCUT2D eigenvalue weighted by molar-refractivity contribution is 7.27. The Hall–Kier alpha value is -2.71. The molecule has 0 amide bonds. The maximum atomic E-state index is 8.37. The molecule has 0 N–H and O–H groups in total. The molecule has 0 bridgehead atoms. The Morgan fingerprint density at radius 3 is 2.41 bits per heavy atom. The molecular weight excluding hydrogens is 346 g/mol. The Kier molecular flexibility index (Phi) is 3.51. The zero-order chi connectivity index (χ0) is 19.5. The van der Waals surface area contributed by atoms with Gasteiger partial charge in [0.2, 0.25) is 0 Å². The number of pyridine rings is 1. The average Bonchev–Trinajstić information content (AvgIpc) is 3.06. The Bertz CT molecular complexity index is 1360. The normalized spacial score (nSPS) is 12.8. The molecule has 0 radical (unpaired) electrons. The van der Waals surface area contributed by atoms with Crippen LogP contribution in [0.1, 0.15) is 32.2 Å². The summed E-state index contributed by atoms with van der Waals surface area (Å²) in [5, 5.41) is 5.23. The fourth-order valence-corrected chi connectivity index (χ4v) is 5.23. The standard InChI is InChI=1S/C25H21NS/c1-15(2)17-11-12-26-23(14-17)21-10-6-9-20-22-13-16(3)18-7-4-5-8-19(18)25(22)27-24(20)21/h4-15H,1-3H3/i15D. The van der Waals surface area contributed by atoms with E-state index >= 15 is 0 Å². The summed E-state index contributed by atoms with van der Waals surface area (Å²) in [7, 11) is 0. The van der Waals surface area contributed by atoms with E-state index in [2.05, 4.69) is 66.5 Å². The van der Waals surface area contributed by atoms with E-state index in [0.717, 1.165) is 16.8 Å². The molecule has 27 heavy (non-hydrogen) atoms. The molecule has 132 valence electrons. The number of thiophene rings is 1. The molecule has 5 rings (SSSR count). The van der Waals surface area contributed by atoms with Gasteiger partial charge >= 0.3 is 0 Å². The molecule has 0 aliphatic rings. The lowest BCUT2D eigenvalue weighted by atomic mass is 9.99. The number of hydrogen-bond acceptors (Lipinski definition) is 2. The quantitative estimate of drug-likeness (QED) is 0.311. The zero-order valence-electron chi connectivity index (χ0n) is 16.7. The van der Waals surface area contributed by atoms with E-state index in [0.29, 0.717) is 0 Å². The first-order chi connectivity index (χ1) is 13.4. The van der Waals surface area contributed by atoms with Gasteiger partial charge in [0.25, 0.3) is 0 Å². The van der Waals surface area contributed by atoms with Crippen molar-refractivity contribution in [3.63, 3.8) is 0 Å². The monoisotopic (exact) mass is 368 g/mol. The molecule has 0 spiro atoms. The second-order valence-electron chi connectivity index (χ2n) is 7.33. The number of hydrogen-bond donors (Lipinski definition) is 0. The van der Waals surface area contributed by atoms with Gasteiger partial charge in [-0.3, -0.25) is 4.98 Å². The minimum absolute atomic E-state index is 0.640. The Morgan fingerprint density at radius 2 is 1.59 bits per heavy atom. The van der Waals surface area contributed by atoms with Crippen LogP contribution in [0.15, 0.2) is 66.9 Å². The van der Waals surface area contributed by atoms with Crippen molar-refractivity contribution in [1.29, 1.82) is 0 Å². The van der Waals surface area contributed by atoms with Gasteiger partial charge in [-0.15, -0.1) is 11.3 Å². The molecule has 0 aliphatic carbocycles. The molecule has 2 heterocycles. The number of aryl methyl sites for hydroxylation is 1.